The molecule has 0 radical (unpaired) electrons. The van der Waals surface area contributed by atoms with Crippen molar-refractivity contribution in [1.82, 2.24) is 4.90 Å². The summed E-state index contributed by atoms with van der Waals surface area (Å²) in [4.78, 5) is 14.1. The molecule has 0 aliphatic heterocycles. The molecule has 0 amide bonds. The van der Waals surface area contributed by atoms with Crippen LogP contribution in [-0.4, -0.2) is 40.7 Å². The summed E-state index contributed by atoms with van der Waals surface area (Å²) in [5, 5.41) is 20.7. The molecule has 1 aromatic carbocycles. The zero-order valence-corrected chi connectivity index (χ0v) is 16.0. The second kappa shape index (κ2) is 9.75. The highest BCUT2D eigenvalue weighted by molar-refractivity contribution is 5.79. The summed E-state index contributed by atoms with van der Waals surface area (Å²) in [7, 11) is 0. The largest absolute Gasteiger partial charge is 0.479 e. The van der Waals surface area contributed by atoms with Gasteiger partial charge in [-0.2, -0.15) is 0 Å². The van der Waals surface area contributed by atoms with Gasteiger partial charge in [0.05, 0.1) is 6.54 Å². The average Bonchev–Trinajstić information content (AvgIpc) is 2.68. The Morgan fingerprint density at radius 1 is 1.12 bits per heavy atom. The first kappa shape index (κ1) is 20.5. The first-order valence-corrected chi connectivity index (χ1v) is 9.75. The van der Waals surface area contributed by atoms with Gasteiger partial charge in [0.25, 0.3) is 0 Å². The van der Waals surface area contributed by atoms with Gasteiger partial charge in [0.15, 0.2) is 5.60 Å². The number of carbonyl (C=O) groups is 1. The number of rotatable bonds is 7. The van der Waals surface area contributed by atoms with Crippen LogP contribution in [0.2, 0.25) is 0 Å². The van der Waals surface area contributed by atoms with E-state index in [9.17, 15) is 15.0 Å². The Morgan fingerprint density at radius 3 is 2.27 bits per heavy atom. The second-order valence-corrected chi connectivity index (χ2v) is 7.10. The van der Waals surface area contributed by atoms with Gasteiger partial charge in [0.2, 0.25) is 0 Å². The summed E-state index contributed by atoms with van der Waals surface area (Å²) in [6.45, 7) is 7.01. The maximum Gasteiger partial charge on any atom is 0.340 e. The number of aliphatic carboxylic acids is 1. The Bertz CT molecular complexity index is 634. The molecule has 142 valence electrons. The van der Waals surface area contributed by atoms with Crippen LogP contribution in [0.25, 0.3) is 0 Å². The van der Waals surface area contributed by atoms with Crippen LogP contribution in [0.15, 0.2) is 24.3 Å². The lowest BCUT2D eigenvalue weighted by atomic mass is 9.73. The molecule has 1 unspecified atom stereocenters. The summed E-state index contributed by atoms with van der Waals surface area (Å²) in [6.07, 6.45) is 5.26. The van der Waals surface area contributed by atoms with E-state index >= 15 is 0 Å². The van der Waals surface area contributed by atoms with Gasteiger partial charge in [0.1, 0.15) is 0 Å². The molecule has 1 aliphatic carbocycles. The molecule has 1 fully saturated rings. The van der Waals surface area contributed by atoms with Gasteiger partial charge < -0.3 is 10.2 Å². The predicted octanol–water partition coefficient (Wildman–Crippen LogP) is 3.43. The van der Waals surface area contributed by atoms with E-state index < -0.39 is 11.6 Å². The van der Waals surface area contributed by atoms with E-state index in [-0.39, 0.29) is 5.92 Å². The molecule has 26 heavy (non-hydrogen) atoms. The molecule has 4 heteroatoms. The fraction of sp³-hybridized carbons (Fsp3) is 0.591. The van der Waals surface area contributed by atoms with Gasteiger partial charge in [0, 0.05) is 12.3 Å². The SMILES string of the molecule is CCN(CC)CC#CCc1ccc(C(O)(C(=O)O)C2CCCCC2)cc1. The predicted molar refractivity (Wildman–Crippen MR) is 104 cm³/mol. The van der Waals surface area contributed by atoms with Gasteiger partial charge in [-0.05, 0) is 37.1 Å². The van der Waals surface area contributed by atoms with Crippen LogP contribution in [-0.2, 0) is 16.8 Å². The number of aliphatic hydroxyl groups is 1. The van der Waals surface area contributed by atoms with Crippen molar-refractivity contribution in [3.8, 4) is 11.8 Å². The van der Waals surface area contributed by atoms with Crippen molar-refractivity contribution in [3.63, 3.8) is 0 Å². The fourth-order valence-electron chi connectivity index (χ4n) is 3.71. The smallest absolute Gasteiger partial charge is 0.340 e. The third kappa shape index (κ3) is 4.87. The third-order valence-corrected chi connectivity index (χ3v) is 5.53. The minimum atomic E-state index is -1.78. The molecule has 0 aromatic heterocycles. The topological polar surface area (TPSA) is 60.8 Å². The quantitative estimate of drug-likeness (QED) is 0.734. The number of carboxylic acids is 1. The van der Waals surface area contributed by atoms with Crippen LogP contribution < -0.4 is 0 Å². The zero-order chi connectivity index (χ0) is 19.0. The maximum absolute atomic E-state index is 11.9. The molecule has 1 atom stereocenters. The number of hydrogen-bond acceptors (Lipinski definition) is 3. The number of hydrogen-bond donors (Lipinski definition) is 2. The minimum absolute atomic E-state index is 0.214. The molecule has 0 spiro atoms. The van der Waals surface area contributed by atoms with E-state index in [1.54, 1.807) is 12.1 Å². The van der Waals surface area contributed by atoms with Crippen LogP contribution in [0.4, 0.5) is 0 Å². The number of benzene rings is 1. The van der Waals surface area contributed by atoms with Crippen molar-refractivity contribution < 1.29 is 15.0 Å². The standard InChI is InChI=1S/C22H31NO3/c1-3-23(4-2)17-9-8-10-18-13-15-20(16-14-18)22(26,21(24)25)19-11-6-5-7-12-19/h13-16,19,26H,3-7,10-12,17H2,1-2H3,(H,24,25). The van der Waals surface area contributed by atoms with Gasteiger partial charge in [-0.25, -0.2) is 4.79 Å². The summed E-state index contributed by atoms with van der Waals surface area (Å²) in [5.41, 5.74) is -0.262. The van der Waals surface area contributed by atoms with Crippen LogP contribution in [0.1, 0.15) is 57.1 Å². The number of carboxylic acid groups (broad SMARTS) is 1. The van der Waals surface area contributed by atoms with Gasteiger partial charge >= 0.3 is 5.97 Å². The second-order valence-electron chi connectivity index (χ2n) is 7.10. The molecular weight excluding hydrogens is 326 g/mol. The molecule has 2 rings (SSSR count). The van der Waals surface area contributed by atoms with E-state index in [1.165, 1.54) is 0 Å². The first-order valence-electron chi connectivity index (χ1n) is 9.75. The fourth-order valence-corrected chi connectivity index (χ4v) is 3.71. The van der Waals surface area contributed by atoms with Crippen molar-refractivity contribution >= 4 is 5.97 Å². The summed E-state index contributed by atoms with van der Waals surface area (Å²) < 4.78 is 0. The van der Waals surface area contributed by atoms with Crippen LogP contribution in [0, 0.1) is 17.8 Å². The average molecular weight is 357 g/mol. The zero-order valence-electron chi connectivity index (χ0n) is 16.0. The molecular formula is C22H31NO3. The molecule has 0 heterocycles. The molecule has 1 aliphatic rings. The molecule has 0 saturated heterocycles. The number of nitrogens with zero attached hydrogens (tertiary/aromatic N) is 1. The van der Waals surface area contributed by atoms with Crippen molar-refractivity contribution in [2.75, 3.05) is 19.6 Å². The van der Waals surface area contributed by atoms with Crippen molar-refractivity contribution in [2.45, 2.75) is 58.0 Å². The maximum atomic E-state index is 11.9. The van der Waals surface area contributed by atoms with E-state index in [0.717, 1.165) is 57.3 Å². The van der Waals surface area contributed by atoms with Gasteiger partial charge in [-0.15, -0.1) is 0 Å². The van der Waals surface area contributed by atoms with Crippen molar-refractivity contribution in [3.05, 3.63) is 35.4 Å². The van der Waals surface area contributed by atoms with E-state index in [1.807, 2.05) is 12.1 Å². The molecule has 1 saturated carbocycles. The Morgan fingerprint density at radius 2 is 1.73 bits per heavy atom. The van der Waals surface area contributed by atoms with Gasteiger partial charge in [-0.3, -0.25) is 4.90 Å². The van der Waals surface area contributed by atoms with Gasteiger partial charge in [-0.1, -0.05) is 69.2 Å². The lowest BCUT2D eigenvalue weighted by molar-refractivity contribution is -0.168. The lowest BCUT2D eigenvalue weighted by Crippen LogP contribution is -2.43. The van der Waals surface area contributed by atoms with Crippen LogP contribution in [0.5, 0.6) is 0 Å². The van der Waals surface area contributed by atoms with E-state index in [4.69, 9.17) is 0 Å². The highest BCUT2D eigenvalue weighted by Gasteiger charge is 2.45. The van der Waals surface area contributed by atoms with Crippen LogP contribution in [0.3, 0.4) is 0 Å². The normalized spacial score (nSPS) is 17.4. The van der Waals surface area contributed by atoms with E-state index in [0.29, 0.717) is 12.0 Å². The third-order valence-electron chi connectivity index (χ3n) is 5.53. The Hall–Kier alpha value is -1.83. The van der Waals surface area contributed by atoms with Crippen molar-refractivity contribution in [1.29, 1.82) is 0 Å². The monoisotopic (exact) mass is 357 g/mol. The Kier molecular flexibility index (Phi) is 7.68. The molecule has 1 aromatic rings. The summed E-state index contributed by atoms with van der Waals surface area (Å²) >= 11 is 0. The van der Waals surface area contributed by atoms with E-state index in [2.05, 4.69) is 30.6 Å². The lowest BCUT2D eigenvalue weighted by Gasteiger charge is -2.35. The first-order chi connectivity index (χ1) is 12.5. The van der Waals surface area contributed by atoms with Crippen LogP contribution >= 0.6 is 0 Å². The minimum Gasteiger partial charge on any atom is -0.479 e. The molecule has 4 nitrogen and oxygen atoms in total. The summed E-state index contributed by atoms with van der Waals surface area (Å²) in [5.74, 6) is 5.00. The molecule has 2 N–H and O–H groups in total. The highest BCUT2D eigenvalue weighted by atomic mass is 16.4. The van der Waals surface area contributed by atoms with Crippen molar-refractivity contribution in [2.24, 2.45) is 5.92 Å². The highest BCUT2D eigenvalue weighted by Crippen LogP contribution is 2.39. The molecule has 0 bridgehead atoms. The Balaban J connectivity index is 2.07. The Labute approximate surface area is 157 Å². The summed E-state index contributed by atoms with van der Waals surface area (Å²) in [6, 6.07) is 7.28.